The second-order valence-electron chi connectivity index (χ2n) is 6.50. The van der Waals surface area contributed by atoms with E-state index in [9.17, 15) is 0 Å². The van der Waals surface area contributed by atoms with Crippen LogP contribution in [0.25, 0.3) is 17.2 Å². The van der Waals surface area contributed by atoms with Gasteiger partial charge in [0, 0.05) is 23.5 Å². The lowest BCUT2D eigenvalue weighted by Gasteiger charge is -2.28. The van der Waals surface area contributed by atoms with Gasteiger partial charge in [-0.1, -0.05) is 42.5 Å². The van der Waals surface area contributed by atoms with Crippen LogP contribution in [0.2, 0.25) is 0 Å². The van der Waals surface area contributed by atoms with E-state index in [-0.39, 0.29) is 0 Å². The highest BCUT2D eigenvalue weighted by molar-refractivity contribution is 5.66. The molecule has 2 saturated heterocycles. The first-order valence-electron chi connectivity index (χ1n) is 8.31. The molecule has 0 bridgehead atoms. The molecule has 2 aliphatic rings. The summed E-state index contributed by atoms with van der Waals surface area (Å²) >= 11 is 0. The number of nitrogens with zero attached hydrogens (tertiary/aromatic N) is 2. The summed E-state index contributed by atoms with van der Waals surface area (Å²) in [5.41, 5.74) is 3.96. The van der Waals surface area contributed by atoms with Crippen molar-refractivity contribution < 1.29 is 0 Å². The molecule has 2 aliphatic heterocycles. The fourth-order valence-electron chi connectivity index (χ4n) is 4.01. The van der Waals surface area contributed by atoms with Crippen LogP contribution < -0.4 is 0 Å². The lowest BCUT2D eigenvalue weighted by atomic mass is 9.93. The molecule has 2 nitrogen and oxygen atoms in total. The van der Waals surface area contributed by atoms with Crippen LogP contribution in [0.15, 0.2) is 54.9 Å². The van der Waals surface area contributed by atoms with Crippen molar-refractivity contribution in [2.75, 3.05) is 13.1 Å². The predicted molar refractivity (Wildman–Crippen MR) is 91.5 cm³/mol. The third-order valence-electron chi connectivity index (χ3n) is 5.16. The highest BCUT2D eigenvalue weighted by atomic mass is 15.2. The van der Waals surface area contributed by atoms with Gasteiger partial charge in [0.05, 0.1) is 0 Å². The number of hydrogen-bond acceptors (Lipinski definition) is 2. The lowest BCUT2D eigenvalue weighted by molar-refractivity contribution is 0.251. The second-order valence-corrected chi connectivity index (χ2v) is 6.50. The smallest absolute Gasteiger partial charge is 0.0395 e. The molecular formula is C20H22N2. The minimum Gasteiger partial charge on any atom is -0.294 e. The summed E-state index contributed by atoms with van der Waals surface area (Å²) in [5.74, 6) is 0. The van der Waals surface area contributed by atoms with Gasteiger partial charge in [-0.15, -0.1) is 0 Å². The normalized spacial score (nSPS) is 20.5. The molecule has 1 aromatic carbocycles. The first-order valence-corrected chi connectivity index (χ1v) is 8.31. The molecule has 0 atom stereocenters. The molecule has 2 heteroatoms. The maximum atomic E-state index is 4.42. The summed E-state index contributed by atoms with van der Waals surface area (Å²) in [5, 5.41) is 0. The van der Waals surface area contributed by atoms with E-state index in [0.717, 1.165) is 0 Å². The maximum absolute atomic E-state index is 4.42. The molecule has 3 heterocycles. The van der Waals surface area contributed by atoms with Gasteiger partial charge in [-0.05, 0) is 56.0 Å². The molecule has 0 unspecified atom stereocenters. The van der Waals surface area contributed by atoms with Crippen molar-refractivity contribution in [2.24, 2.45) is 0 Å². The average molecular weight is 290 g/mol. The molecule has 112 valence electrons. The zero-order valence-electron chi connectivity index (χ0n) is 12.9. The quantitative estimate of drug-likeness (QED) is 0.833. The van der Waals surface area contributed by atoms with Crippen LogP contribution >= 0.6 is 0 Å². The molecule has 1 aromatic heterocycles. The van der Waals surface area contributed by atoms with Gasteiger partial charge >= 0.3 is 0 Å². The number of aromatic nitrogens is 1. The highest BCUT2D eigenvalue weighted by Gasteiger charge is 2.41. The van der Waals surface area contributed by atoms with Crippen molar-refractivity contribution >= 4 is 6.08 Å². The van der Waals surface area contributed by atoms with E-state index in [0.29, 0.717) is 5.54 Å². The average Bonchev–Trinajstić information content (AvgIpc) is 3.14. The summed E-state index contributed by atoms with van der Waals surface area (Å²) < 4.78 is 0. The van der Waals surface area contributed by atoms with Crippen molar-refractivity contribution in [3.05, 3.63) is 60.4 Å². The number of fused-ring (bicyclic) bond motifs is 1. The lowest BCUT2D eigenvalue weighted by Crippen LogP contribution is -2.35. The highest BCUT2D eigenvalue weighted by Crippen LogP contribution is 2.40. The SMILES string of the molecule is C(=CC12CCCN1CCC2)c1cncc(-c2ccccc2)c1. The van der Waals surface area contributed by atoms with E-state index in [1.54, 1.807) is 0 Å². The van der Waals surface area contributed by atoms with E-state index in [1.807, 2.05) is 12.4 Å². The monoisotopic (exact) mass is 290 g/mol. The Morgan fingerprint density at radius 1 is 0.955 bits per heavy atom. The maximum Gasteiger partial charge on any atom is 0.0395 e. The van der Waals surface area contributed by atoms with Crippen molar-refractivity contribution in [3.8, 4) is 11.1 Å². The van der Waals surface area contributed by atoms with Crippen LogP contribution in [0.4, 0.5) is 0 Å². The van der Waals surface area contributed by atoms with E-state index in [4.69, 9.17) is 0 Å². The molecule has 2 aromatic rings. The Kier molecular flexibility index (Phi) is 3.55. The molecular weight excluding hydrogens is 268 g/mol. The van der Waals surface area contributed by atoms with Crippen molar-refractivity contribution in [1.29, 1.82) is 0 Å². The van der Waals surface area contributed by atoms with Crippen molar-refractivity contribution in [1.82, 2.24) is 9.88 Å². The Balaban J connectivity index is 1.60. The summed E-state index contributed by atoms with van der Waals surface area (Å²) in [4.78, 5) is 7.09. The molecule has 0 amide bonds. The predicted octanol–water partition coefficient (Wildman–Crippen LogP) is 4.39. The van der Waals surface area contributed by atoms with Gasteiger partial charge in [-0.25, -0.2) is 0 Å². The van der Waals surface area contributed by atoms with Crippen LogP contribution in [0.5, 0.6) is 0 Å². The number of rotatable bonds is 3. The van der Waals surface area contributed by atoms with Gasteiger partial charge in [0.1, 0.15) is 0 Å². The molecule has 22 heavy (non-hydrogen) atoms. The minimum atomic E-state index is 0.336. The third kappa shape index (κ3) is 2.48. The van der Waals surface area contributed by atoms with Gasteiger partial charge in [-0.2, -0.15) is 0 Å². The van der Waals surface area contributed by atoms with Crippen LogP contribution in [-0.2, 0) is 0 Å². The number of benzene rings is 1. The van der Waals surface area contributed by atoms with Crippen molar-refractivity contribution in [3.63, 3.8) is 0 Å². The molecule has 4 rings (SSSR count). The largest absolute Gasteiger partial charge is 0.294 e. The Morgan fingerprint density at radius 3 is 2.50 bits per heavy atom. The summed E-state index contributed by atoms with van der Waals surface area (Å²) in [6.07, 6.45) is 13.9. The molecule has 2 fully saturated rings. The Labute approximate surface area is 132 Å². The van der Waals surface area contributed by atoms with E-state index >= 15 is 0 Å². The van der Waals surface area contributed by atoms with Gasteiger partial charge in [0.2, 0.25) is 0 Å². The fourth-order valence-corrected chi connectivity index (χ4v) is 4.01. The summed E-state index contributed by atoms with van der Waals surface area (Å²) in [6.45, 7) is 2.54. The summed E-state index contributed by atoms with van der Waals surface area (Å²) in [7, 11) is 0. The molecule has 0 spiro atoms. The topological polar surface area (TPSA) is 16.1 Å². The van der Waals surface area contributed by atoms with Gasteiger partial charge in [-0.3, -0.25) is 9.88 Å². The van der Waals surface area contributed by atoms with Crippen LogP contribution in [0, 0.1) is 0 Å². The van der Waals surface area contributed by atoms with E-state index in [2.05, 4.69) is 58.4 Å². The minimum absolute atomic E-state index is 0.336. The Morgan fingerprint density at radius 2 is 1.73 bits per heavy atom. The fraction of sp³-hybridized carbons (Fsp3) is 0.350. The molecule has 0 N–H and O–H groups in total. The zero-order valence-corrected chi connectivity index (χ0v) is 12.9. The van der Waals surface area contributed by atoms with E-state index in [1.165, 1.54) is 55.5 Å². The Bertz CT molecular complexity index is 665. The zero-order chi connectivity index (χ0) is 14.8. The first-order chi connectivity index (χ1) is 10.9. The molecule has 0 aliphatic carbocycles. The van der Waals surface area contributed by atoms with Crippen molar-refractivity contribution in [2.45, 2.75) is 31.2 Å². The third-order valence-corrected chi connectivity index (χ3v) is 5.16. The molecule has 0 saturated carbocycles. The van der Waals surface area contributed by atoms with Gasteiger partial charge < -0.3 is 0 Å². The summed E-state index contributed by atoms with van der Waals surface area (Å²) in [6, 6.07) is 12.7. The first kappa shape index (κ1) is 13.7. The number of pyridine rings is 1. The van der Waals surface area contributed by atoms with Gasteiger partial charge in [0.15, 0.2) is 0 Å². The Hall–Kier alpha value is -1.93. The van der Waals surface area contributed by atoms with E-state index < -0.39 is 0 Å². The number of hydrogen-bond donors (Lipinski definition) is 0. The second kappa shape index (κ2) is 5.69. The standard InChI is InChI=1S/C20H22N2/c1-2-6-18(7-3-1)19-14-17(15-21-16-19)8-11-20-9-4-12-22(20)13-5-10-20/h1-3,6-8,11,14-16H,4-5,9-10,12-13H2. The van der Waals surface area contributed by atoms with Crippen LogP contribution in [0.3, 0.4) is 0 Å². The van der Waals surface area contributed by atoms with Crippen LogP contribution in [0.1, 0.15) is 31.2 Å². The van der Waals surface area contributed by atoms with Crippen LogP contribution in [-0.4, -0.2) is 28.5 Å². The molecule has 0 radical (unpaired) electrons. The van der Waals surface area contributed by atoms with Gasteiger partial charge in [0.25, 0.3) is 0 Å².